The third-order valence-corrected chi connectivity index (χ3v) is 4.85. The van der Waals surface area contributed by atoms with E-state index in [9.17, 15) is 4.79 Å². The Kier molecular flexibility index (Phi) is 5.89. The topological polar surface area (TPSA) is 38.3 Å². The van der Waals surface area contributed by atoms with Crippen LogP contribution in [0, 0.1) is 41.5 Å². The van der Waals surface area contributed by atoms with Crippen LogP contribution in [-0.4, -0.2) is 12.5 Å². The number of carbonyl (C=O) groups excluding carboxylic acids is 1. The first-order valence-corrected chi connectivity index (χ1v) is 8.76. The molecule has 3 heteroatoms. The molecule has 0 aromatic heterocycles. The molecule has 2 aromatic carbocycles. The molecule has 25 heavy (non-hydrogen) atoms. The Hall–Kier alpha value is -2.29. The fraction of sp³-hybridized carbons (Fsp3) is 0.409. The number of ether oxygens (including phenoxy) is 1. The molecule has 0 saturated heterocycles. The molecule has 2 aromatic rings. The first kappa shape index (κ1) is 19.0. The van der Waals surface area contributed by atoms with E-state index in [-0.39, 0.29) is 18.6 Å². The molecule has 1 unspecified atom stereocenters. The lowest BCUT2D eigenvalue weighted by Gasteiger charge is -2.19. The summed E-state index contributed by atoms with van der Waals surface area (Å²) in [7, 11) is 0. The lowest BCUT2D eigenvalue weighted by molar-refractivity contribution is -0.123. The van der Waals surface area contributed by atoms with Crippen molar-refractivity contribution in [1.29, 1.82) is 0 Å². The Labute approximate surface area is 151 Å². The van der Waals surface area contributed by atoms with Crippen LogP contribution in [0.5, 0.6) is 5.75 Å². The Bertz CT molecular complexity index is 793. The molecule has 0 spiro atoms. The first-order chi connectivity index (χ1) is 11.7. The summed E-state index contributed by atoms with van der Waals surface area (Å²) in [5.41, 5.74) is 8.25. The van der Waals surface area contributed by atoms with E-state index in [4.69, 9.17) is 4.74 Å². The highest BCUT2D eigenvalue weighted by atomic mass is 16.5. The van der Waals surface area contributed by atoms with E-state index in [0.717, 1.165) is 22.4 Å². The second-order valence-corrected chi connectivity index (χ2v) is 7.08. The van der Waals surface area contributed by atoms with Crippen LogP contribution in [0.3, 0.4) is 0 Å². The van der Waals surface area contributed by atoms with Crippen molar-refractivity contribution in [2.24, 2.45) is 0 Å². The SMILES string of the molecule is Cc1cc(C)c(C)c(OCC(=O)NC(C)c2cc(C)c(C)cc2C)c1. The van der Waals surface area contributed by atoms with Crippen LogP contribution >= 0.6 is 0 Å². The number of benzene rings is 2. The van der Waals surface area contributed by atoms with Gasteiger partial charge in [0.25, 0.3) is 5.91 Å². The average molecular weight is 339 g/mol. The number of rotatable bonds is 5. The Balaban J connectivity index is 2.02. The molecule has 0 radical (unpaired) electrons. The van der Waals surface area contributed by atoms with Crippen LogP contribution in [0.2, 0.25) is 0 Å². The number of hydrogen-bond acceptors (Lipinski definition) is 2. The van der Waals surface area contributed by atoms with Gasteiger partial charge in [-0.05, 0) is 93.5 Å². The van der Waals surface area contributed by atoms with Crippen molar-refractivity contribution in [2.75, 3.05) is 6.61 Å². The average Bonchev–Trinajstić information content (AvgIpc) is 2.52. The summed E-state index contributed by atoms with van der Waals surface area (Å²) in [6, 6.07) is 8.38. The zero-order valence-corrected chi connectivity index (χ0v) is 16.4. The van der Waals surface area contributed by atoms with Crippen molar-refractivity contribution in [3.05, 3.63) is 63.2 Å². The van der Waals surface area contributed by atoms with Crippen molar-refractivity contribution in [3.63, 3.8) is 0 Å². The fourth-order valence-electron chi connectivity index (χ4n) is 3.10. The lowest BCUT2D eigenvalue weighted by atomic mass is 9.96. The standard InChI is InChI=1S/C22H29NO2/c1-13-8-16(4)18(6)21(9-13)25-12-22(24)23-19(7)20-11-15(3)14(2)10-17(20)5/h8-11,19H,12H2,1-7H3,(H,23,24). The van der Waals surface area contributed by atoms with E-state index in [1.807, 2.05) is 26.8 Å². The highest BCUT2D eigenvalue weighted by Gasteiger charge is 2.14. The first-order valence-electron chi connectivity index (χ1n) is 8.76. The van der Waals surface area contributed by atoms with Crippen molar-refractivity contribution in [3.8, 4) is 5.75 Å². The van der Waals surface area contributed by atoms with Gasteiger partial charge in [0, 0.05) is 0 Å². The summed E-state index contributed by atoms with van der Waals surface area (Å²) in [5, 5.41) is 3.04. The zero-order chi connectivity index (χ0) is 18.7. The third kappa shape index (κ3) is 4.62. The summed E-state index contributed by atoms with van der Waals surface area (Å²) in [4.78, 5) is 12.3. The van der Waals surface area contributed by atoms with E-state index in [0.29, 0.717) is 0 Å². The number of amides is 1. The summed E-state index contributed by atoms with van der Waals surface area (Å²) < 4.78 is 5.76. The second kappa shape index (κ2) is 7.73. The molecule has 0 aliphatic heterocycles. The minimum absolute atomic E-state index is 0.0258. The smallest absolute Gasteiger partial charge is 0.258 e. The van der Waals surface area contributed by atoms with Gasteiger partial charge in [-0.25, -0.2) is 0 Å². The van der Waals surface area contributed by atoms with E-state index in [1.165, 1.54) is 22.3 Å². The fourth-order valence-corrected chi connectivity index (χ4v) is 3.10. The predicted molar refractivity (Wildman–Crippen MR) is 103 cm³/mol. The number of nitrogens with one attached hydrogen (secondary N) is 1. The van der Waals surface area contributed by atoms with Gasteiger partial charge < -0.3 is 10.1 Å². The molecule has 0 aliphatic carbocycles. The molecule has 0 fully saturated rings. The van der Waals surface area contributed by atoms with Crippen LogP contribution < -0.4 is 10.1 Å². The van der Waals surface area contributed by atoms with Crippen LogP contribution in [0.15, 0.2) is 24.3 Å². The van der Waals surface area contributed by atoms with E-state index < -0.39 is 0 Å². The molecular formula is C22H29NO2. The Morgan fingerprint density at radius 2 is 1.56 bits per heavy atom. The zero-order valence-electron chi connectivity index (χ0n) is 16.4. The van der Waals surface area contributed by atoms with Crippen molar-refractivity contribution < 1.29 is 9.53 Å². The van der Waals surface area contributed by atoms with Crippen LogP contribution in [0.4, 0.5) is 0 Å². The maximum atomic E-state index is 12.3. The molecule has 1 atom stereocenters. The van der Waals surface area contributed by atoms with Crippen molar-refractivity contribution >= 4 is 5.91 Å². The molecule has 1 amide bonds. The van der Waals surface area contributed by atoms with E-state index >= 15 is 0 Å². The van der Waals surface area contributed by atoms with E-state index in [2.05, 4.69) is 51.2 Å². The maximum absolute atomic E-state index is 12.3. The third-order valence-electron chi connectivity index (χ3n) is 4.85. The lowest BCUT2D eigenvalue weighted by Crippen LogP contribution is -2.31. The highest BCUT2D eigenvalue weighted by Crippen LogP contribution is 2.24. The van der Waals surface area contributed by atoms with Gasteiger partial charge in [0.05, 0.1) is 6.04 Å². The Morgan fingerprint density at radius 1 is 0.920 bits per heavy atom. The quantitative estimate of drug-likeness (QED) is 0.850. The van der Waals surface area contributed by atoms with Gasteiger partial charge in [0.15, 0.2) is 6.61 Å². The van der Waals surface area contributed by atoms with Gasteiger partial charge in [0.1, 0.15) is 5.75 Å². The molecule has 3 nitrogen and oxygen atoms in total. The summed E-state index contributed by atoms with van der Waals surface area (Å²) in [6.45, 7) is 14.4. The largest absolute Gasteiger partial charge is 0.483 e. The summed E-state index contributed by atoms with van der Waals surface area (Å²) >= 11 is 0. The molecule has 2 rings (SSSR count). The minimum atomic E-state index is -0.108. The van der Waals surface area contributed by atoms with Gasteiger partial charge in [-0.2, -0.15) is 0 Å². The molecular weight excluding hydrogens is 310 g/mol. The monoisotopic (exact) mass is 339 g/mol. The molecule has 0 bridgehead atoms. The van der Waals surface area contributed by atoms with Crippen LogP contribution in [0.1, 0.15) is 51.9 Å². The van der Waals surface area contributed by atoms with Crippen molar-refractivity contribution in [1.82, 2.24) is 5.32 Å². The number of carbonyl (C=O) groups is 1. The summed E-state index contributed by atoms with van der Waals surface area (Å²) in [5.74, 6) is 0.673. The summed E-state index contributed by atoms with van der Waals surface area (Å²) in [6.07, 6.45) is 0. The number of hydrogen-bond donors (Lipinski definition) is 1. The second-order valence-electron chi connectivity index (χ2n) is 7.08. The van der Waals surface area contributed by atoms with Crippen LogP contribution in [-0.2, 0) is 4.79 Å². The predicted octanol–water partition coefficient (Wildman–Crippen LogP) is 4.79. The maximum Gasteiger partial charge on any atom is 0.258 e. The number of aryl methyl sites for hydroxylation is 5. The normalized spacial score (nSPS) is 12.0. The minimum Gasteiger partial charge on any atom is -0.483 e. The van der Waals surface area contributed by atoms with Gasteiger partial charge >= 0.3 is 0 Å². The van der Waals surface area contributed by atoms with Gasteiger partial charge in [0.2, 0.25) is 0 Å². The van der Waals surface area contributed by atoms with Crippen molar-refractivity contribution in [2.45, 2.75) is 54.5 Å². The molecule has 0 aliphatic rings. The van der Waals surface area contributed by atoms with Gasteiger partial charge in [-0.15, -0.1) is 0 Å². The molecule has 1 N–H and O–H groups in total. The Morgan fingerprint density at radius 3 is 2.24 bits per heavy atom. The van der Waals surface area contributed by atoms with Gasteiger partial charge in [-0.1, -0.05) is 18.2 Å². The molecule has 0 saturated carbocycles. The van der Waals surface area contributed by atoms with Crippen LogP contribution in [0.25, 0.3) is 0 Å². The highest BCUT2D eigenvalue weighted by molar-refractivity contribution is 5.78. The van der Waals surface area contributed by atoms with E-state index in [1.54, 1.807) is 0 Å². The molecule has 0 heterocycles. The van der Waals surface area contributed by atoms with Gasteiger partial charge in [-0.3, -0.25) is 4.79 Å². The molecule has 134 valence electrons.